The number of carboxylic acid groups (broad SMARTS) is 1. The van der Waals surface area contributed by atoms with E-state index >= 15 is 0 Å². The smallest absolute Gasteiger partial charge is 0.310 e. The zero-order valence-electron chi connectivity index (χ0n) is 12.8. The predicted octanol–water partition coefficient (Wildman–Crippen LogP) is 3.28. The van der Waals surface area contributed by atoms with Crippen LogP contribution in [0.5, 0.6) is 0 Å². The average molecular weight is 263 g/mol. The fourth-order valence-corrected chi connectivity index (χ4v) is 1.98. The van der Waals surface area contributed by atoms with Crippen molar-refractivity contribution in [2.75, 3.05) is 0 Å². The summed E-state index contributed by atoms with van der Waals surface area (Å²) in [6.45, 7) is 12.2. The van der Waals surface area contributed by atoms with Crippen LogP contribution in [-0.2, 0) is 11.3 Å². The van der Waals surface area contributed by atoms with Crippen LogP contribution in [0.25, 0.3) is 0 Å². The summed E-state index contributed by atoms with van der Waals surface area (Å²) in [5.74, 6) is -0.787. The van der Waals surface area contributed by atoms with Crippen molar-refractivity contribution >= 4 is 5.97 Å². The van der Waals surface area contributed by atoms with E-state index in [1.807, 2.05) is 13.8 Å². The molecule has 1 aromatic rings. The van der Waals surface area contributed by atoms with E-state index in [1.54, 1.807) is 13.8 Å². The van der Waals surface area contributed by atoms with E-state index in [-0.39, 0.29) is 0 Å². The van der Waals surface area contributed by atoms with E-state index in [4.69, 9.17) is 0 Å². The highest BCUT2D eigenvalue weighted by atomic mass is 16.4. The Balaban J connectivity index is 2.83. The van der Waals surface area contributed by atoms with Crippen LogP contribution in [0.15, 0.2) is 18.2 Å². The standard InChI is InChI=1S/C16H25NO2/c1-11-7-12(2)9-13(8-11)10-17-16(5,6)15(3,4)14(18)19/h7-9,17H,10H2,1-6H3,(H,18,19). The third-order valence-corrected chi connectivity index (χ3v) is 4.11. The molecule has 0 saturated heterocycles. The van der Waals surface area contributed by atoms with Gasteiger partial charge in [0, 0.05) is 12.1 Å². The molecular weight excluding hydrogens is 238 g/mol. The van der Waals surface area contributed by atoms with Crippen molar-refractivity contribution in [1.82, 2.24) is 5.32 Å². The number of carboxylic acids is 1. The molecule has 0 fully saturated rings. The Kier molecular flexibility index (Phi) is 4.41. The third-order valence-electron chi connectivity index (χ3n) is 4.11. The Morgan fingerprint density at radius 3 is 2.00 bits per heavy atom. The summed E-state index contributed by atoms with van der Waals surface area (Å²) in [5, 5.41) is 12.7. The number of rotatable bonds is 5. The van der Waals surface area contributed by atoms with Crippen molar-refractivity contribution in [1.29, 1.82) is 0 Å². The Labute approximate surface area is 116 Å². The quantitative estimate of drug-likeness (QED) is 0.857. The largest absolute Gasteiger partial charge is 0.481 e. The summed E-state index contributed by atoms with van der Waals surface area (Å²) >= 11 is 0. The summed E-state index contributed by atoms with van der Waals surface area (Å²) in [4.78, 5) is 11.3. The molecule has 0 aromatic heterocycles. The maximum absolute atomic E-state index is 11.3. The van der Waals surface area contributed by atoms with Crippen LogP contribution in [0.4, 0.5) is 0 Å². The second kappa shape index (κ2) is 5.33. The first-order chi connectivity index (χ1) is 8.56. The minimum atomic E-state index is -0.828. The third kappa shape index (κ3) is 3.57. The monoisotopic (exact) mass is 263 g/mol. The summed E-state index contributed by atoms with van der Waals surface area (Å²) in [5.41, 5.74) is 2.33. The minimum absolute atomic E-state index is 0.490. The number of nitrogens with one attached hydrogen (secondary N) is 1. The SMILES string of the molecule is Cc1cc(C)cc(CNC(C)(C)C(C)(C)C(=O)O)c1. The minimum Gasteiger partial charge on any atom is -0.481 e. The average Bonchev–Trinajstić information content (AvgIpc) is 2.24. The van der Waals surface area contributed by atoms with Gasteiger partial charge in [-0.3, -0.25) is 4.79 Å². The van der Waals surface area contributed by atoms with Crippen LogP contribution in [0, 0.1) is 19.3 Å². The first-order valence-electron chi connectivity index (χ1n) is 6.62. The highest BCUT2D eigenvalue weighted by Gasteiger charge is 2.42. The van der Waals surface area contributed by atoms with Crippen LogP contribution in [0.2, 0.25) is 0 Å². The molecule has 106 valence electrons. The van der Waals surface area contributed by atoms with Gasteiger partial charge in [0.05, 0.1) is 5.41 Å². The Morgan fingerprint density at radius 1 is 1.11 bits per heavy atom. The number of carbonyl (C=O) groups is 1. The van der Waals surface area contributed by atoms with Crippen molar-refractivity contribution in [3.8, 4) is 0 Å². The molecule has 0 heterocycles. The summed E-state index contributed by atoms with van der Waals surface area (Å²) in [7, 11) is 0. The van der Waals surface area contributed by atoms with E-state index in [2.05, 4.69) is 37.4 Å². The molecule has 0 aliphatic carbocycles. The van der Waals surface area contributed by atoms with Crippen LogP contribution in [0.1, 0.15) is 44.4 Å². The normalized spacial score (nSPS) is 12.5. The van der Waals surface area contributed by atoms with E-state index in [0.29, 0.717) is 6.54 Å². The molecule has 0 radical (unpaired) electrons. The van der Waals surface area contributed by atoms with E-state index in [9.17, 15) is 9.90 Å². The molecule has 0 unspecified atom stereocenters. The zero-order valence-corrected chi connectivity index (χ0v) is 12.8. The van der Waals surface area contributed by atoms with Crippen LogP contribution < -0.4 is 5.32 Å². The van der Waals surface area contributed by atoms with Gasteiger partial charge >= 0.3 is 5.97 Å². The van der Waals surface area contributed by atoms with E-state index < -0.39 is 16.9 Å². The molecule has 0 atom stereocenters. The van der Waals surface area contributed by atoms with Crippen molar-refractivity contribution in [2.45, 2.75) is 53.6 Å². The number of aliphatic carboxylic acids is 1. The molecule has 3 heteroatoms. The number of benzene rings is 1. The van der Waals surface area contributed by atoms with Crippen molar-refractivity contribution in [2.24, 2.45) is 5.41 Å². The highest BCUT2D eigenvalue weighted by molar-refractivity contribution is 5.75. The summed E-state index contributed by atoms with van der Waals surface area (Å²) in [6, 6.07) is 6.39. The number of aryl methyl sites for hydroxylation is 2. The fourth-order valence-electron chi connectivity index (χ4n) is 1.98. The van der Waals surface area contributed by atoms with Gasteiger partial charge in [0.1, 0.15) is 0 Å². The Bertz CT molecular complexity index is 455. The van der Waals surface area contributed by atoms with Crippen LogP contribution >= 0.6 is 0 Å². The summed E-state index contributed by atoms with van der Waals surface area (Å²) in [6.07, 6.45) is 0. The van der Waals surface area contributed by atoms with Gasteiger partial charge < -0.3 is 10.4 Å². The van der Waals surface area contributed by atoms with Crippen molar-refractivity contribution in [3.63, 3.8) is 0 Å². The molecule has 3 nitrogen and oxygen atoms in total. The van der Waals surface area contributed by atoms with Gasteiger partial charge in [0.15, 0.2) is 0 Å². The van der Waals surface area contributed by atoms with Crippen LogP contribution in [0.3, 0.4) is 0 Å². The topological polar surface area (TPSA) is 49.3 Å². The lowest BCUT2D eigenvalue weighted by atomic mass is 9.74. The molecule has 19 heavy (non-hydrogen) atoms. The molecule has 0 bridgehead atoms. The molecule has 1 aromatic carbocycles. The molecule has 1 rings (SSSR count). The van der Waals surface area contributed by atoms with E-state index in [0.717, 1.165) is 0 Å². The second-order valence-electron chi connectivity index (χ2n) is 6.40. The lowest BCUT2D eigenvalue weighted by Crippen LogP contribution is -2.54. The molecule has 0 aliphatic rings. The second-order valence-corrected chi connectivity index (χ2v) is 6.40. The lowest BCUT2D eigenvalue weighted by molar-refractivity contribution is -0.151. The number of hydrogen-bond donors (Lipinski definition) is 2. The highest BCUT2D eigenvalue weighted by Crippen LogP contribution is 2.31. The van der Waals surface area contributed by atoms with Gasteiger partial charge in [-0.1, -0.05) is 29.3 Å². The first kappa shape index (κ1) is 15.7. The predicted molar refractivity (Wildman–Crippen MR) is 78.3 cm³/mol. The zero-order chi connectivity index (χ0) is 14.8. The Morgan fingerprint density at radius 2 is 1.58 bits per heavy atom. The summed E-state index contributed by atoms with van der Waals surface area (Å²) < 4.78 is 0. The van der Waals surface area contributed by atoms with Gasteiger partial charge in [-0.2, -0.15) is 0 Å². The number of hydrogen-bond acceptors (Lipinski definition) is 2. The van der Waals surface area contributed by atoms with Gasteiger partial charge in [-0.15, -0.1) is 0 Å². The van der Waals surface area contributed by atoms with Gasteiger partial charge in [0.25, 0.3) is 0 Å². The lowest BCUT2D eigenvalue weighted by Gasteiger charge is -2.39. The first-order valence-corrected chi connectivity index (χ1v) is 6.62. The maximum atomic E-state index is 11.3. The Hall–Kier alpha value is -1.35. The molecular formula is C16H25NO2. The van der Waals surface area contributed by atoms with Crippen molar-refractivity contribution in [3.05, 3.63) is 34.9 Å². The molecule has 0 spiro atoms. The molecule has 0 aliphatic heterocycles. The van der Waals surface area contributed by atoms with Gasteiger partial charge in [0.2, 0.25) is 0 Å². The van der Waals surface area contributed by atoms with Crippen molar-refractivity contribution < 1.29 is 9.90 Å². The van der Waals surface area contributed by atoms with E-state index in [1.165, 1.54) is 16.7 Å². The van der Waals surface area contributed by atoms with Gasteiger partial charge in [-0.05, 0) is 47.1 Å². The molecule has 0 saturated carbocycles. The fraction of sp³-hybridized carbons (Fsp3) is 0.562. The van der Waals surface area contributed by atoms with Crippen LogP contribution in [-0.4, -0.2) is 16.6 Å². The maximum Gasteiger partial charge on any atom is 0.310 e. The van der Waals surface area contributed by atoms with Gasteiger partial charge in [-0.25, -0.2) is 0 Å². The molecule has 0 amide bonds. The molecule has 2 N–H and O–H groups in total.